The van der Waals surface area contributed by atoms with Crippen LogP contribution in [0.2, 0.25) is 0 Å². The molecule has 2 heterocycles. The fourth-order valence-corrected chi connectivity index (χ4v) is 2.97. The molecule has 0 atom stereocenters. The maximum absolute atomic E-state index is 5.54. The van der Waals surface area contributed by atoms with Crippen molar-refractivity contribution < 1.29 is 4.74 Å². The van der Waals surface area contributed by atoms with Crippen LogP contribution in [0.3, 0.4) is 0 Å². The number of imidazole rings is 1. The lowest BCUT2D eigenvalue weighted by atomic mass is 9.97. The van der Waals surface area contributed by atoms with Gasteiger partial charge >= 0.3 is 0 Å². The summed E-state index contributed by atoms with van der Waals surface area (Å²) in [5.41, 5.74) is 5.24. The number of methoxy groups -OCH3 is 1. The van der Waals surface area contributed by atoms with Gasteiger partial charge in [0.15, 0.2) is 0 Å². The van der Waals surface area contributed by atoms with Gasteiger partial charge in [-0.15, -0.1) is 0 Å². The minimum atomic E-state index is 0.708. The third kappa shape index (κ3) is 2.33. The van der Waals surface area contributed by atoms with Gasteiger partial charge in [0.1, 0.15) is 5.75 Å². The van der Waals surface area contributed by atoms with Gasteiger partial charge < -0.3 is 4.74 Å². The van der Waals surface area contributed by atoms with Crippen LogP contribution in [0.5, 0.6) is 5.75 Å². The van der Waals surface area contributed by atoms with E-state index in [4.69, 9.17) is 4.74 Å². The molecule has 2 aromatic heterocycles. The molecule has 0 spiro atoms. The summed E-state index contributed by atoms with van der Waals surface area (Å²) in [5, 5.41) is 0. The Morgan fingerprint density at radius 1 is 0.875 bits per heavy atom. The van der Waals surface area contributed by atoms with E-state index < -0.39 is 0 Å². The van der Waals surface area contributed by atoms with E-state index in [-0.39, 0.29) is 0 Å². The third-order valence-corrected chi connectivity index (χ3v) is 4.12. The van der Waals surface area contributed by atoms with Gasteiger partial charge in [-0.3, -0.25) is 4.40 Å². The van der Waals surface area contributed by atoms with E-state index in [9.17, 15) is 0 Å². The molecule has 0 aliphatic carbocycles. The van der Waals surface area contributed by atoms with Crippen LogP contribution in [0.4, 0.5) is 0 Å². The van der Waals surface area contributed by atoms with E-state index in [1.165, 1.54) is 0 Å². The van der Waals surface area contributed by atoms with E-state index >= 15 is 0 Å². The van der Waals surface area contributed by atoms with E-state index in [0.29, 0.717) is 5.78 Å². The molecule has 24 heavy (non-hydrogen) atoms. The van der Waals surface area contributed by atoms with Crippen molar-refractivity contribution >= 4 is 5.78 Å². The molecule has 0 saturated carbocycles. The fraction of sp³-hybridized carbons (Fsp3) is 0.100. The standard InChI is InChI=1S/C20H17N3O/c1-14-11-12-23-18(13-21-20(23)22-14)16-8-4-3-7-15(16)17-9-5-6-10-19(17)24-2/h3-13H,1-2H3. The van der Waals surface area contributed by atoms with Crippen molar-refractivity contribution in [3.8, 4) is 28.1 Å². The molecule has 2 aromatic carbocycles. The molecule has 4 heteroatoms. The van der Waals surface area contributed by atoms with Crippen LogP contribution in [-0.4, -0.2) is 21.5 Å². The predicted octanol–water partition coefficient (Wildman–Crippen LogP) is 4.38. The number of rotatable bonds is 3. The van der Waals surface area contributed by atoms with Gasteiger partial charge in [-0.2, -0.15) is 0 Å². The second-order valence-electron chi connectivity index (χ2n) is 5.63. The minimum absolute atomic E-state index is 0.708. The van der Waals surface area contributed by atoms with Gasteiger partial charge in [0.05, 0.1) is 19.0 Å². The van der Waals surface area contributed by atoms with Gasteiger partial charge in [0.25, 0.3) is 0 Å². The van der Waals surface area contributed by atoms with E-state index in [1.807, 2.05) is 60.1 Å². The Kier molecular flexibility index (Phi) is 3.50. The average Bonchev–Trinajstić information content (AvgIpc) is 3.04. The molecule has 4 rings (SSSR count). The van der Waals surface area contributed by atoms with Crippen LogP contribution in [0.25, 0.3) is 28.2 Å². The van der Waals surface area contributed by atoms with Crippen molar-refractivity contribution in [2.75, 3.05) is 7.11 Å². The highest BCUT2D eigenvalue weighted by Gasteiger charge is 2.14. The van der Waals surface area contributed by atoms with Gasteiger partial charge in [-0.05, 0) is 24.6 Å². The zero-order valence-corrected chi connectivity index (χ0v) is 13.6. The number of nitrogens with zero attached hydrogens (tertiary/aromatic N) is 3. The topological polar surface area (TPSA) is 39.4 Å². The van der Waals surface area contributed by atoms with Crippen LogP contribution in [0, 0.1) is 6.92 Å². The Morgan fingerprint density at radius 2 is 1.58 bits per heavy atom. The maximum Gasteiger partial charge on any atom is 0.234 e. The smallest absolute Gasteiger partial charge is 0.234 e. The maximum atomic E-state index is 5.54. The van der Waals surface area contributed by atoms with Crippen LogP contribution < -0.4 is 4.74 Å². The molecule has 0 radical (unpaired) electrons. The van der Waals surface area contributed by atoms with Crippen molar-refractivity contribution in [2.24, 2.45) is 0 Å². The Hall–Kier alpha value is -3.14. The lowest BCUT2D eigenvalue weighted by molar-refractivity contribution is 0.416. The zero-order chi connectivity index (χ0) is 16.5. The number of aromatic nitrogens is 3. The summed E-state index contributed by atoms with van der Waals surface area (Å²) in [6, 6.07) is 18.3. The zero-order valence-electron chi connectivity index (χ0n) is 13.6. The van der Waals surface area contributed by atoms with Gasteiger partial charge in [-0.1, -0.05) is 42.5 Å². The second kappa shape index (κ2) is 5.81. The first-order valence-corrected chi connectivity index (χ1v) is 7.81. The molecule has 0 fully saturated rings. The van der Waals surface area contributed by atoms with Crippen molar-refractivity contribution in [2.45, 2.75) is 6.92 Å². The monoisotopic (exact) mass is 315 g/mol. The van der Waals surface area contributed by atoms with Crippen molar-refractivity contribution in [1.82, 2.24) is 14.4 Å². The van der Waals surface area contributed by atoms with E-state index in [0.717, 1.165) is 33.8 Å². The summed E-state index contributed by atoms with van der Waals surface area (Å²) < 4.78 is 7.56. The molecule has 0 aliphatic heterocycles. The number of benzene rings is 2. The summed E-state index contributed by atoms with van der Waals surface area (Å²) in [5.74, 6) is 1.56. The van der Waals surface area contributed by atoms with Crippen LogP contribution >= 0.6 is 0 Å². The third-order valence-electron chi connectivity index (χ3n) is 4.12. The van der Waals surface area contributed by atoms with Gasteiger partial charge in [-0.25, -0.2) is 9.97 Å². The Balaban J connectivity index is 1.96. The number of aryl methyl sites for hydroxylation is 1. The number of hydrogen-bond donors (Lipinski definition) is 0. The summed E-state index contributed by atoms with van der Waals surface area (Å²) >= 11 is 0. The molecule has 118 valence electrons. The molecule has 0 N–H and O–H groups in total. The van der Waals surface area contributed by atoms with Crippen LogP contribution in [0.15, 0.2) is 67.0 Å². The van der Waals surface area contributed by atoms with Crippen molar-refractivity contribution in [3.63, 3.8) is 0 Å². The second-order valence-corrected chi connectivity index (χ2v) is 5.63. The van der Waals surface area contributed by atoms with Gasteiger partial charge in [0, 0.05) is 23.0 Å². The molecule has 4 aromatic rings. The largest absolute Gasteiger partial charge is 0.496 e. The lowest BCUT2D eigenvalue weighted by Gasteiger charge is -2.13. The normalized spacial score (nSPS) is 10.9. The SMILES string of the molecule is COc1ccccc1-c1ccccc1-c1cnc2nc(C)ccn12. The summed E-state index contributed by atoms with van der Waals surface area (Å²) in [6.07, 6.45) is 3.88. The summed E-state index contributed by atoms with van der Waals surface area (Å²) in [6.45, 7) is 1.97. The van der Waals surface area contributed by atoms with Crippen LogP contribution in [-0.2, 0) is 0 Å². The van der Waals surface area contributed by atoms with E-state index in [2.05, 4.69) is 28.2 Å². The highest BCUT2D eigenvalue weighted by molar-refractivity contribution is 5.85. The first kappa shape index (κ1) is 14.5. The lowest BCUT2D eigenvalue weighted by Crippen LogP contribution is -1.94. The van der Waals surface area contributed by atoms with Crippen molar-refractivity contribution in [1.29, 1.82) is 0 Å². The molecule has 4 nitrogen and oxygen atoms in total. The highest BCUT2D eigenvalue weighted by Crippen LogP contribution is 2.37. The highest BCUT2D eigenvalue weighted by atomic mass is 16.5. The quantitative estimate of drug-likeness (QED) is 0.563. The average molecular weight is 315 g/mol. The summed E-state index contributed by atoms with van der Waals surface area (Å²) in [4.78, 5) is 8.94. The molecular formula is C20H17N3O. The number of para-hydroxylation sites is 1. The molecule has 0 saturated heterocycles. The van der Waals surface area contributed by atoms with Crippen molar-refractivity contribution in [3.05, 3.63) is 72.7 Å². The number of hydrogen-bond acceptors (Lipinski definition) is 3. The molecule has 0 bridgehead atoms. The fourth-order valence-electron chi connectivity index (χ4n) is 2.97. The van der Waals surface area contributed by atoms with E-state index in [1.54, 1.807) is 7.11 Å². The number of fused-ring (bicyclic) bond motifs is 1. The molecule has 0 aliphatic rings. The Morgan fingerprint density at radius 3 is 2.38 bits per heavy atom. The van der Waals surface area contributed by atoms with Crippen LogP contribution in [0.1, 0.15) is 5.69 Å². The first-order chi connectivity index (χ1) is 11.8. The molecular weight excluding hydrogens is 298 g/mol. The Bertz CT molecular complexity index is 1020. The molecule has 0 unspecified atom stereocenters. The summed E-state index contributed by atoms with van der Waals surface area (Å²) in [7, 11) is 1.70. The first-order valence-electron chi connectivity index (χ1n) is 7.81. The van der Waals surface area contributed by atoms with Gasteiger partial charge in [0.2, 0.25) is 5.78 Å². The molecule has 0 amide bonds. The Labute approximate surface area is 140 Å². The number of ether oxygens (including phenoxy) is 1. The minimum Gasteiger partial charge on any atom is -0.496 e. The predicted molar refractivity (Wildman–Crippen MR) is 95.1 cm³/mol.